The second kappa shape index (κ2) is 5.71. The van der Waals surface area contributed by atoms with Crippen LogP contribution < -0.4 is 4.90 Å². The average molecular weight is 268 g/mol. The molecular formula is C12H14BrNO. The van der Waals surface area contributed by atoms with E-state index in [0.717, 1.165) is 11.0 Å². The van der Waals surface area contributed by atoms with Crippen molar-refractivity contribution in [2.45, 2.75) is 19.2 Å². The van der Waals surface area contributed by atoms with Gasteiger partial charge in [0.05, 0.1) is 0 Å². The molecule has 0 unspecified atom stereocenters. The molecule has 0 spiro atoms. The lowest BCUT2D eigenvalue weighted by Gasteiger charge is -2.16. The first kappa shape index (κ1) is 12.0. The molecule has 2 nitrogen and oxygen atoms in total. The van der Waals surface area contributed by atoms with E-state index >= 15 is 0 Å². The minimum atomic E-state index is 0.0136. The number of hydrogen-bond donors (Lipinski definition) is 0. The van der Waals surface area contributed by atoms with Crippen LogP contribution >= 0.6 is 15.9 Å². The van der Waals surface area contributed by atoms with E-state index in [0.29, 0.717) is 0 Å². The van der Waals surface area contributed by atoms with Crippen LogP contribution in [0.2, 0.25) is 0 Å². The molecule has 0 atom stereocenters. The maximum Gasteiger partial charge on any atom is 0.227 e. The maximum atomic E-state index is 11.4. The third kappa shape index (κ3) is 3.20. The van der Waals surface area contributed by atoms with Gasteiger partial charge in [0.2, 0.25) is 5.91 Å². The molecule has 1 aromatic rings. The number of hydrogen-bond acceptors (Lipinski definition) is 1. The summed E-state index contributed by atoms with van der Waals surface area (Å²) in [6, 6.07) is 7.89. The fourth-order valence-corrected chi connectivity index (χ4v) is 1.64. The van der Waals surface area contributed by atoms with E-state index in [4.69, 9.17) is 0 Å². The molecule has 0 aromatic heterocycles. The summed E-state index contributed by atoms with van der Waals surface area (Å²) >= 11 is 3.38. The molecular weight excluding hydrogens is 254 g/mol. The van der Waals surface area contributed by atoms with Gasteiger partial charge >= 0.3 is 0 Å². The van der Waals surface area contributed by atoms with E-state index in [1.54, 1.807) is 18.0 Å². The lowest BCUT2D eigenvalue weighted by Crippen LogP contribution is -2.21. The number of amides is 1. The van der Waals surface area contributed by atoms with Crippen LogP contribution in [0, 0.1) is 0 Å². The molecule has 0 aliphatic carbocycles. The number of anilines is 1. The quantitative estimate of drug-likeness (QED) is 0.769. The summed E-state index contributed by atoms with van der Waals surface area (Å²) < 4.78 is 0. The van der Waals surface area contributed by atoms with Crippen molar-refractivity contribution < 1.29 is 4.79 Å². The van der Waals surface area contributed by atoms with E-state index in [1.807, 2.05) is 37.3 Å². The Bertz CT molecular complexity index is 356. The standard InChI is InChI=1S/C12H14BrNO/c1-3-8-14(10(2)15)12-6-4-11(9-13)5-7-12/h3-8H,9H2,1-2H3/b8-3-. The van der Waals surface area contributed by atoms with Crippen molar-refractivity contribution in [2.75, 3.05) is 4.90 Å². The maximum absolute atomic E-state index is 11.4. The van der Waals surface area contributed by atoms with Crippen LogP contribution in [0.25, 0.3) is 0 Å². The molecule has 0 saturated heterocycles. The van der Waals surface area contributed by atoms with Gasteiger partial charge in [-0.3, -0.25) is 9.69 Å². The number of carbonyl (C=O) groups is 1. The van der Waals surface area contributed by atoms with Crippen molar-refractivity contribution in [3.05, 3.63) is 42.1 Å². The molecule has 0 N–H and O–H groups in total. The SMILES string of the molecule is C/C=C\N(C(C)=O)c1ccc(CBr)cc1. The Morgan fingerprint density at radius 2 is 2.00 bits per heavy atom. The Labute approximate surface area is 98.7 Å². The van der Waals surface area contributed by atoms with Crippen molar-refractivity contribution in [3.63, 3.8) is 0 Å². The van der Waals surface area contributed by atoms with Gasteiger partial charge in [0.1, 0.15) is 0 Å². The van der Waals surface area contributed by atoms with Gasteiger partial charge < -0.3 is 0 Å². The predicted molar refractivity (Wildman–Crippen MR) is 67.0 cm³/mol. The van der Waals surface area contributed by atoms with Gasteiger partial charge in [-0.1, -0.05) is 34.1 Å². The lowest BCUT2D eigenvalue weighted by atomic mass is 10.2. The minimum absolute atomic E-state index is 0.0136. The van der Waals surface area contributed by atoms with Gasteiger partial charge in [0.15, 0.2) is 0 Å². The summed E-state index contributed by atoms with van der Waals surface area (Å²) in [6.07, 6.45) is 3.62. The summed E-state index contributed by atoms with van der Waals surface area (Å²) in [4.78, 5) is 13.0. The van der Waals surface area contributed by atoms with Crippen LogP contribution in [0.1, 0.15) is 19.4 Å². The van der Waals surface area contributed by atoms with E-state index < -0.39 is 0 Å². The molecule has 1 amide bonds. The first-order chi connectivity index (χ1) is 7.19. The molecule has 15 heavy (non-hydrogen) atoms. The molecule has 80 valence electrons. The van der Waals surface area contributed by atoms with Crippen LogP contribution in [-0.2, 0) is 10.1 Å². The van der Waals surface area contributed by atoms with E-state index in [2.05, 4.69) is 15.9 Å². The van der Waals surface area contributed by atoms with Gasteiger partial charge in [-0.25, -0.2) is 0 Å². The minimum Gasteiger partial charge on any atom is -0.288 e. The number of benzene rings is 1. The molecule has 0 radical (unpaired) electrons. The molecule has 3 heteroatoms. The summed E-state index contributed by atoms with van der Waals surface area (Å²) in [5.74, 6) is 0.0136. The van der Waals surface area contributed by atoms with Gasteiger partial charge in [0, 0.05) is 24.1 Å². The van der Waals surface area contributed by atoms with Crippen molar-refractivity contribution in [1.82, 2.24) is 0 Å². The van der Waals surface area contributed by atoms with Crippen molar-refractivity contribution in [2.24, 2.45) is 0 Å². The summed E-state index contributed by atoms with van der Waals surface area (Å²) in [7, 11) is 0. The van der Waals surface area contributed by atoms with Crippen LogP contribution in [0.5, 0.6) is 0 Å². The summed E-state index contributed by atoms with van der Waals surface area (Å²) in [6.45, 7) is 3.45. The summed E-state index contributed by atoms with van der Waals surface area (Å²) in [5, 5.41) is 0.830. The van der Waals surface area contributed by atoms with Crippen molar-refractivity contribution in [1.29, 1.82) is 0 Å². The zero-order chi connectivity index (χ0) is 11.3. The molecule has 0 fully saturated rings. The van der Waals surface area contributed by atoms with Gasteiger partial charge in [-0.15, -0.1) is 0 Å². The Morgan fingerprint density at radius 1 is 1.40 bits per heavy atom. The zero-order valence-electron chi connectivity index (χ0n) is 8.90. The van der Waals surface area contributed by atoms with Crippen LogP contribution in [0.15, 0.2) is 36.5 Å². The number of allylic oxidation sites excluding steroid dienone is 1. The van der Waals surface area contributed by atoms with Gasteiger partial charge in [-0.2, -0.15) is 0 Å². The Kier molecular flexibility index (Phi) is 4.56. The highest BCUT2D eigenvalue weighted by atomic mass is 79.9. The molecule has 0 bridgehead atoms. The zero-order valence-corrected chi connectivity index (χ0v) is 10.5. The first-order valence-corrected chi connectivity index (χ1v) is 5.88. The molecule has 0 aliphatic rings. The fraction of sp³-hybridized carbons (Fsp3) is 0.250. The van der Waals surface area contributed by atoms with Crippen molar-refractivity contribution in [3.8, 4) is 0 Å². The Balaban J connectivity index is 2.96. The first-order valence-electron chi connectivity index (χ1n) is 4.76. The highest BCUT2D eigenvalue weighted by Gasteiger charge is 2.06. The molecule has 1 aromatic carbocycles. The van der Waals surface area contributed by atoms with Crippen LogP contribution in [0.4, 0.5) is 5.69 Å². The normalized spacial score (nSPS) is 10.6. The number of carbonyl (C=O) groups excluding carboxylic acids is 1. The van der Waals surface area contributed by atoms with E-state index in [1.165, 1.54) is 5.56 Å². The number of halogens is 1. The second-order valence-electron chi connectivity index (χ2n) is 3.17. The molecule has 0 aliphatic heterocycles. The highest BCUT2D eigenvalue weighted by molar-refractivity contribution is 9.08. The predicted octanol–water partition coefficient (Wildman–Crippen LogP) is 3.47. The Morgan fingerprint density at radius 3 is 2.40 bits per heavy atom. The average Bonchev–Trinajstić information content (AvgIpc) is 2.26. The number of rotatable bonds is 3. The molecule has 1 rings (SSSR count). The van der Waals surface area contributed by atoms with Gasteiger partial charge in [0.25, 0.3) is 0 Å². The van der Waals surface area contributed by atoms with Crippen LogP contribution in [0.3, 0.4) is 0 Å². The topological polar surface area (TPSA) is 20.3 Å². The molecule has 0 saturated carbocycles. The largest absolute Gasteiger partial charge is 0.288 e. The summed E-state index contributed by atoms with van der Waals surface area (Å²) in [5.41, 5.74) is 2.09. The lowest BCUT2D eigenvalue weighted by molar-refractivity contribution is -0.116. The van der Waals surface area contributed by atoms with Crippen LogP contribution in [-0.4, -0.2) is 5.91 Å². The fourth-order valence-electron chi connectivity index (χ4n) is 1.27. The van der Waals surface area contributed by atoms with Gasteiger partial charge in [-0.05, 0) is 24.6 Å². The third-order valence-electron chi connectivity index (χ3n) is 2.01. The Hall–Kier alpha value is -1.09. The van der Waals surface area contributed by atoms with Crippen molar-refractivity contribution >= 4 is 27.5 Å². The smallest absolute Gasteiger partial charge is 0.227 e. The molecule has 0 heterocycles. The highest BCUT2D eigenvalue weighted by Crippen LogP contribution is 2.17. The third-order valence-corrected chi connectivity index (χ3v) is 2.65. The second-order valence-corrected chi connectivity index (χ2v) is 3.73. The monoisotopic (exact) mass is 267 g/mol. The number of nitrogens with zero attached hydrogens (tertiary/aromatic N) is 1. The van der Waals surface area contributed by atoms with E-state index in [-0.39, 0.29) is 5.91 Å². The number of alkyl halides is 1. The van der Waals surface area contributed by atoms with E-state index in [9.17, 15) is 4.79 Å².